The number of hydrogen-bond donors (Lipinski definition) is 1. The van der Waals surface area contributed by atoms with E-state index in [2.05, 4.69) is 15.5 Å². The lowest BCUT2D eigenvalue weighted by Crippen LogP contribution is -2.22. The number of sulfonamides is 1. The lowest BCUT2D eigenvalue weighted by atomic mass is 10.3. The minimum absolute atomic E-state index is 0.173. The molecule has 0 bridgehead atoms. The summed E-state index contributed by atoms with van der Waals surface area (Å²) in [6, 6.07) is 6.03. The van der Waals surface area contributed by atoms with E-state index in [1.165, 1.54) is 38.0 Å². The van der Waals surface area contributed by atoms with Gasteiger partial charge in [0.2, 0.25) is 21.8 Å². The molecule has 0 atom stereocenters. The molecule has 2 rings (SSSR count). The molecular formula is C14H18N4O4S2. The topological polar surface area (TPSA) is 105 Å². The molecule has 2 aromatic rings. The number of aryl methyl sites for hydroxylation is 1. The van der Waals surface area contributed by atoms with E-state index in [1.807, 2.05) is 0 Å². The third-order valence-electron chi connectivity index (χ3n) is 2.95. The summed E-state index contributed by atoms with van der Waals surface area (Å²) in [5, 5.41) is 6.45. The van der Waals surface area contributed by atoms with Crippen molar-refractivity contribution >= 4 is 33.4 Å². The standard InChI is InChI=1S/C14H18N4O4S2/c1-10-15-13(17-22-10)8-23-9-14(19)16-11-4-6-12(7-5-11)24(20,21)18(2)3/h4-7H,8-9H2,1-3H3,(H,16,19). The van der Waals surface area contributed by atoms with Crippen LogP contribution in [0.25, 0.3) is 0 Å². The normalized spacial score (nSPS) is 11.7. The minimum atomic E-state index is -3.47. The zero-order chi connectivity index (χ0) is 17.7. The zero-order valence-corrected chi connectivity index (χ0v) is 15.1. The third kappa shape index (κ3) is 4.79. The highest BCUT2D eigenvalue weighted by Gasteiger charge is 2.16. The van der Waals surface area contributed by atoms with Gasteiger partial charge in [-0.2, -0.15) is 4.98 Å². The van der Waals surface area contributed by atoms with Gasteiger partial charge in [0, 0.05) is 26.7 Å². The summed E-state index contributed by atoms with van der Waals surface area (Å²) in [5.74, 6) is 1.55. The van der Waals surface area contributed by atoms with Crippen LogP contribution in [-0.2, 0) is 20.6 Å². The van der Waals surface area contributed by atoms with E-state index in [0.717, 1.165) is 4.31 Å². The van der Waals surface area contributed by atoms with Crippen molar-refractivity contribution in [2.75, 3.05) is 25.2 Å². The number of benzene rings is 1. The van der Waals surface area contributed by atoms with Gasteiger partial charge in [-0.15, -0.1) is 11.8 Å². The summed E-state index contributed by atoms with van der Waals surface area (Å²) in [6.45, 7) is 1.70. The minimum Gasteiger partial charge on any atom is -0.340 e. The van der Waals surface area contributed by atoms with Gasteiger partial charge >= 0.3 is 0 Å². The maximum atomic E-state index is 12.0. The van der Waals surface area contributed by atoms with E-state index in [-0.39, 0.29) is 16.6 Å². The lowest BCUT2D eigenvalue weighted by Gasteiger charge is -2.12. The van der Waals surface area contributed by atoms with E-state index in [0.29, 0.717) is 23.2 Å². The van der Waals surface area contributed by atoms with Gasteiger partial charge in [-0.1, -0.05) is 5.16 Å². The quantitative estimate of drug-likeness (QED) is 0.787. The molecule has 1 N–H and O–H groups in total. The molecule has 8 nitrogen and oxygen atoms in total. The number of hydrogen-bond acceptors (Lipinski definition) is 7. The Morgan fingerprint density at radius 1 is 1.29 bits per heavy atom. The summed E-state index contributed by atoms with van der Waals surface area (Å²) in [5.41, 5.74) is 0.536. The first-order valence-corrected chi connectivity index (χ1v) is 9.58. The van der Waals surface area contributed by atoms with Crippen LogP contribution in [-0.4, -0.2) is 48.6 Å². The van der Waals surface area contributed by atoms with Crippen molar-refractivity contribution in [2.45, 2.75) is 17.6 Å². The van der Waals surface area contributed by atoms with E-state index >= 15 is 0 Å². The van der Waals surface area contributed by atoms with E-state index in [1.54, 1.807) is 19.1 Å². The highest BCUT2D eigenvalue weighted by atomic mass is 32.2. The predicted octanol–water partition coefficient (Wildman–Crippen LogP) is 1.50. The van der Waals surface area contributed by atoms with Crippen molar-refractivity contribution in [1.29, 1.82) is 0 Å². The van der Waals surface area contributed by atoms with Crippen molar-refractivity contribution in [3.8, 4) is 0 Å². The number of amides is 1. The number of rotatable bonds is 7. The fourth-order valence-electron chi connectivity index (χ4n) is 1.75. The summed E-state index contributed by atoms with van der Waals surface area (Å²) >= 11 is 1.36. The molecule has 0 saturated heterocycles. The SMILES string of the molecule is Cc1nc(CSCC(=O)Nc2ccc(S(=O)(=O)N(C)C)cc2)no1. The number of anilines is 1. The highest BCUT2D eigenvalue weighted by Crippen LogP contribution is 2.17. The van der Waals surface area contributed by atoms with E-state index in [9.17, 15) is 13.2 Å². The van der Waals surface area contributed by atoms with Gasteiger partial charge in [0.25, 0.3) is 0 Å². The number of nitrogens with one attached hydrogen (secondary N) is 1. The molecule has 1 aromatic carbocycles. The molecule has 1 amide bonds. The van der Waals surface area contributed by atoms with Gasteiger partial charge in [0.1, 0.15) is 0 Å². The van der Waals surface area contributed by atoms with Crippen LogP contribution in [0.2, 0.25) is 0 Å². The Labute approximate surface area is 144 Å². The largest absolute Gasteiger partial charge is 0.340 e. The summed E-state index contributed by atoms with van der Waals surface area (Å²) in [6.07, 6.45) is 0. The fourth-order valence-corrected chi connectivity index (χ4v) is 3.31. The van der Waals surface area contributed by atoms with Crippen molar-refractivity contribution in [3.63, 3.8) is 0 Å². The molecule has 0 saturated carbocycles. The van der Waals surface area contributed by atoms with Gasteiger partial charge in [0.15, 0.2) is 5.82 Å². The summed E-state index contributed by atoms with van der Waals surface area (Å²) in [4.78, 5) is 16.1. The molecule has 0 fully saturated rings. The monoisotopic (exact) mass is 370 g/mol. The molecule has 0 aliphatic rings. The fraction of sp³-hybridized carbons (Fsp3) is 0.357. The smallest absolute Gasteiger partial charge is 0.242 e. The Kier molecular flexibility index (Phi) is 5.97. The van der Waals surface area contributed by atoms with Crippen LogP contribution < -0.4 is 5.32 Å². The molecule has 0 aliphatic heterocycles. The average molecular weight is 370 g/mol. The van der Waals surface area contributed by atoms with Crippen LogP contribution in [0.5, 0.6) is 0 Å². The van der Waals surface area contributed by atoms with Crippen LogP contribution in [0.3, 0.4) is 0 Å². The highest BCUT2D eigenvalue weighted by molar-refractivity contribution is 7.99. The third-order valence-corrected chi connectivity index (χ3v) is 5.71. The second-order valence-electron chi connectivity index (χ2n) is 5.08. The van der Waals surface area contributed by atoms with Crippen LogP contribution >= 0.6 is 11.8 Å². The molecule has 0 spiro atoms. The van der Waals surface area contributed by atoms with Crippen molar-refractivity contribution in [3.05, 3.63) is 36.0 Å². The molecule has 1 heterocycles. The zero-order valence-electron chi connectivity index (χ0n) is 13.5. The van der Waals surface area contributed by atoms with Gasteiger partial charge < -0.3 is 9.84 Å². The Bertz CT molecular complexity index is 800. The maximum absolute atomic E-state index is 12.0. The molecule has 0 unspecified atom stereocenters. The van der Waals surface area contributed by atoms with E-state index in [4.69, 9.17) is 4.52 Å². The number of nitrogens with zero attached hydrogens (tertiary/aromatic N) is 3. The Balaban J connectivity index is 1.86. The summed E-state index contributed by atoms with van der Waals surface area (Å²) in [7, 11) is -0.540. The second kappa shape index (κ2) is 7.77. The summed E-state index contributed by atoms with van der Waals surface area (Å²) < 4.78 is 29.9. The van der Waals surface area contributed by atoms with Crippen LogP contribution in [0.15, 0.2) is 33.7 Å². The molecule has 1 aromatic heterocycles. The van der Waals surface area contributed by atoms with E-state index < -0.39 is 10.0 Å². The first-order valence-electron chi connectivity index (χ1n) is 6.98. The Morgan fingerprint density at radius 3 is 2.50 bits per heavy atom. The molecule has 130 valence electrons. The maximum Gasteiger partial charge on any atom is 0.242 e. The predicted molar refractivity (Wildman–Crippen MR) is 91.1 cm³/mol. The van der Waals surface area contributed by atoms with Gasteiger partial charge in [0.05, 0.1) is 16.4 Å². The Hall–Kier alpha value is -1.91. The molecule has 10 heteroatoms. The number of aromatic nitrogens is 2. The van der Waals surface area contributed by atoms with Crippen molar-refractivity contribution in [2.24, 2.45) is 0 Å². The number of thioether (sulfide) groups is 1. The number of carbonyl (C=O) groups is 1. The first kappa shape index (κ1) is 18.4. The molecule has 0 aliphatic carbocycles. The molecule has 0 radical (unpaired) electrons. The molecular weight excluding hydrogens is 352 g/mol. The lowest BCUT2D eigenvalue weighted by molar-refractivity contribution is -0.113. The van der Waals surface area contributed by atoms with Gasteiger partial charge in [-0.3, -0.25) is 4.79 Å². The van der Waals surface area contributed by atoms with Crippen LogP contribution in [0.1, 0.15) is 11.7 Å². The average Bonchev–Trinajstić information content (AvgIpc) is 2.93. The van der Waals surface area contributed by atoms with Crippen molar-refractivity contribution < 1.29 is 17.7 Å². The van der Waals surface area contributed by atoms with Gasteiger partial charge in [-0.05, 0) is 24.3 Å². The second-order valence-corrected chi connectivity index (χ2v) is 8.22. The first-order chi connectivity index (χ1) is 11.3. The van der Waals surface area contributed by atoms with Crippen molar-refractivity contribution in [1.82, 2.24) is 14.4 Å². The van der Waals surface area contributed by atoms with Gasteiger partial charge in [-0.25, -0.2) is 12.7 Å². The molecule has 24 heavy (non-hydrogen) atoms. The van der Waals surface area contributed by atoms with Crippen LogP contribution in [0, 0.1) is 6.92 Å². The number of carbonyl (C=O) groups excluding carboxylic acids is 1. The van der Waals surface area contributed by atoms with Crippen LogP contribution in [0.4, 0.5) is 5.69 Å². The Morgan fingerprint density at radius 2 is 1.96 bits per heavy atom.